The van der Waals surface area contributed by atoms with E-state index in [0.29, 0.717) is 0 Å². The number of halogens is 1. The van der Waals surface area contributed by atoms with Crippen molar-refractivity contribution in [2.75, 3.05) is 7.11 Å². The standard InChI is InChI=1S/C15H17ClO/c1-15(2,3)12-9-11(17-4)8-10-6-5-7-13(16)14(10)12/h5-9H,1-4H3. The Labute approximate surface area is 107 Å². The summed E-state index contributed by atoms with van der Waals surface area (Å²) in [6.45, 7) is 6.56. The fraction of sp³-hybridized carbons (Fsp3) is 0.333. The van der Waals surface area contributed by atoms with Crippen LogP contribution in [0.2, 0.25) is 5.02 Å². The van der Waals surface area contributed by atoms with E-state index in [1.165, 1.54) is 5.56 Å². The fourth-order valence-corrected chi connectivity index (χ4v) is 2.35. The Morgan fingerprint density at radius 1 is 1.12 bits per heavy atom. The van der Waals surface area contributed by atoms with Crippen LogP contribution in [0.25, 0.3) is 10.8 Å². The molecule has 0 aromatic heterocycles. The predicted molar refractivity (Wildman–Crippen MR) is 74.2 cm³/mol. The number of methoxy groups -OCH3 is 1. The lowest BCUT2D eigenvalue weighted by Gasteiger charge is -2.23. The lowest BCUT2D eigenvalue weighted by molar-refractivity contribution is 0.413. The number of hydrogen-bond donors (Lipinski definition) is 0. The van der Waals surface area contributed by atoms with Crippen LogP contribution in [0.5, 0.6) is 5.75 Å². The molecule has 0 radical (unpaired) electrons. The van der Waals surface area contributed by atoms with E-state index in [-0.39, 0.29) is 5.41 Å². The van der Waals surface area contributed by atoms with Crippen molar-refractivity contribution in [3.63, 3.8) is 0 Å². The highest BCUT2D eigenvalue weighted by Gasteiger charge is 2.19. The van der Waals surface area contributed by atoms with E-state index in [0.717, 1.165) is 21.5 Å². The van der Waals surface area contributed by atoms with Crippen molar-refractivity contribution >= 4 is 22.4 Å². The van der Waals surface area contributed by atoms with Crippen LogP contribution < -0.4 is 4.74 Å². The zero-order valence-electron chi connectivity index (χ0n) is 10.7. The molecule has 2 rings (SSSR count). The molecule has 0 aliphatic rings. The maximum atomic E-state index is 6.32. The molecule has 0 heterocycles. The van der Waals surface area contributed by atoms with Gasteiger partial charge >= 0.3 is 0 Å². The van der Waals surface area contributed by atoms with Gasteiger partial charge in [-0.25, -0.2) is 0 Å². The van der Waals surface area contributed by atoms with Crippen molar-refractivity contribution in [1.29, 1.82) is 0 Å². The van der Waals surface area contributed by atoms with Crippen LogP contribution in [-0.2, 0) is 5.41 Å². The summed E-state index contributed by atoms with van der Waals surface area (Å²) in [5.74, 6) is 0.879. The molecule has 0 bridgehead atoms. The van der Waals surface area contributed by atoms with Gasteiger partial charge in [0.05, 0.1) is 7.11 Å². The Morgan fingerprint density at radius 3 is 2.41 bits per heavy atom. The maximum absolute atomic E-state index is 6.32. The smallest absolute Gasteiger partial charge is 0.119 e. The summed E-state index contributed by atoms with van der Waals surface area (Å²) >= 11 is 6.32. The van der Waals surface area contributed by atoms with Crippen LogP contribution >= 0.6 is 11.6 Å². The molecule has 17 heavy (non-hydrogen) atoms. The Kier molecular flexibility index (Phi) is 3.05. The second-order valence-electron chi connectivity index (χ2n) is 5.26. The van der Waals surface area contributed by atoms with Gasteiger partial charge in [-0.2, -0.15) is 0 Å². The lowest BCUT2D eigenvalue weighted by Crippen LogP contribution is -2.12. The van der Waals surface area contributed by atoms with Gasteiger partial charge in [0, 0.05) is 10.4 Å². The first-order chi connectivity index (χ1) is 7.93. The Morgan fingerprint density at radius 2 is 1.82 bits per heavy atom. The van der Waals surface area contributed by atoms with Crippen molar-refractivity contribution < 1.29 is 4.74 Å². The Bertz CT molecular complexity index is 553. The zero-order chi connectivity index (χ0) is 12.6. The molecule has 0 unspecified atom stereocenters. The minimum Gasteiger partial charge on any atom is -0.497 e. The average Bonchev–Trinajstić information content (AvgIpc) is 2.26. The van der Waals surface area contributed by atoms with E-state index < -0.39 is 0 Å². The highest BCUT2D eigenvalue weighted by molar-refractivity contribution is 6.35. The third-order valence-electron chi connectivity index (χ3n) is 2.94. The fourth-order valence-electron chi connectivity index (χ4n) is 2.06. The number of benzene rings is 2. The van der Waals surface area contributed by atoms with E-state index in [2.05, 4.69) is 32.9 Å². The SMILES string of the molecule is COc1cc(C(C)(C)C)c2c(Cl)cccc2c1. The molecular weight excluding hydrogens is 232 g/mol. The number of hydrogen-bond acceptors (Lipinski definition) is 1. The van der Waals surface area contributed by atoms with E-state index in [1.54, 1.807) is 7.11 Å². The predicted octanol–water partition coefficient (Wildman–Crippen LogP) is 4.80. The van der Waals surface area contributed by atoms with Gasteiger partial charge in [-0.15, -0.1) is 0 Å². The largest absolute Gasteiger partial charge is 0.497 e. The minimum atomic E-state index is 0.0395. The number of ether oxygens (including phenoxy) is 1. The second kappa shape index (κ2) is 4.23. The van der Waals surface area contributed by atoms with Crippen LogP contribution in [0.3, 0.4) is 0 Å². The van der Waals surface area contributed by atoms with Crippen LogP contribution in [0, 0.1) is 0 Å². The molecule has 0 fully saturated rings. The number of rotatable bonds is 1. The minimum absolute atomic E-state index is 0.0395. The van der Waals surface area contributed by atoms with Gasteiger partial charge in [0.15, 0.2) is 0 Å². The van der Waals surface area contributed by atoms with E-state index >= 15 is 0 Å². The van der Waals surface area contributed by atoms with E-state index in [1.807, 2.05) is 18.2 Å². The average molecular weight is 249 g/mol. The lowest BCUT2D eigenvalue weighted by atomic mass is 9.83. The molecule has 0 atom stereocenters. The van der Waals surface area contributed by atoms with E-state index in [4.69, 9.17) is 16.3 Å². The monoisotopic (exact) mass is 248 g/mol. The topological polar surface area (TPSA) is 9.23 Å². The molecule has 0 aliphatic carbocycles. The Hall–Kier alpha value is -1.21. The normalized spacial score (nSPS) is 11.8. The summed E-state index contributed by atoms with van der Waals surface area (Å²) < 4.78 is 5.35. The van der Waals surface area contributed by atoms with E-state index in [9.17, 15) is 0 Å². The maximum Gasteiger partial charge on any atom is 0.119 e. The molecule has 2 aromatic carbocycles. The summed E-state index contributed by atoms with van der Waals surface area (Å²) in [6, 6.07) is 10.1. The molecular formula is C15H17ClO. The second-order valence-corrected chi connectivity index (χ2v) is 5.67. The van der Waals surface area contributed by atoms with Gasteiger partial charge < -0.3 is 4.74 Å². The summed E-state index contributed by atoms with van der Waals surface area (Å²) in [5.41, 5.74) is 1.26. The highest BCUT2D eigenvalue weighted by atomic mass is 35.5. The summed E-state index contributed by atoms with van der Waals surface area (Å²) in [7, 11) is 1.69. The molecule has 0 aliphatic heterocycles. The summed E-state index contributed by atoms with van der Waals surface area (Å²) in [5, 5.41) is 3.05. The molecule has 2 aromatic rings. The van der Waals surface area contributed by atoms with Gasteiger partial charge in [-0.3, -0.25) is 0 Å². The molecule has 1 nitrogen and oxygen atoms in total. The van der Waals surface area contributed by atoms with Gasteiger partial charge in [-0.05, 0) is 34.6 Å². The van der Waals surface area contributed by atoms with Crippen LogP contribution in [0.15, 0.2) is 30.3 Å². The third kappa shape index (κ3) is 2.25. The van der Waals surface area contributed by atoms with Gasteiger partial charge in [0.1, 0.15) is 5.75 Å². The number of fused-ring (bicyclic) bond motifs is 1. The molecule has 2 heteroatoms. The van der Waals surface area contributed by atoms with Gasteiger partial charge in [0.25, 0.3) is 0 Å². The molecule has 0 spiro atoms. The van der Waals surface area contributed by atoms with Crippen molar-refractivity contribution in [3.8, 4) is 5.75 Å². The molecule has 0 saturated carbocycles. The van der Waals surface area contributed by atoms with Gasteiger partial charge in [-0.1, -0.05) is 44.5 Å². The van der Waals surface area contributed by atoms with Crippen LogP contribution in [0.1, 0.15) is 26.3 Å². The highest BCUT2D eigenvalue weighted by Crippen LogP contribution is 2.37. The van der Waals surface area contributed by atoms with Crippen molar-refractivity contribution in [2.45, 2.75) is 26.2 Å². The first kappa shape index (κ1) is 12.3. The summed E-state index contributed by atoms with van der Waals surface area (Å²) in [6.07, 6.45) is 0. The zero-order valence-corrected chi connectivity index (χ0v) is 11.4. The van der Waals surface area contributed by atoms with Crippen molar-refractivity contribution in [1.82, 2.24) is 0 Å². The molecule has 0 N–H and O–H groups in total. The molecule has 0 saturated heterocycles. The van der Waals surface area contributed by atoms with Crippen molar-refractivity contribution in [3.05, 3.63) is 40.9 Å². The quantitative estimate of drug-likeness (QED) is 0.704. The Balaban J connectivity index is 2.87. The third-order valence-corrected chi connectivity index (χ3v) is 3.26. The van der Waals surface area contributed by atoms with Crippen LogP contribution in [-0.4, -0.2) is 7.11 Å². The molecule has 0 amide bonds. The van der Waals surface area contributed by atoms with Crippen molar-refractivity contribution in [2.24, 2.45) is 0 Å². The summed E-state index contributed by atoms with van der Waals surface area (Å²) in [4.78, 5) is 0. The first-order valence-corrected chi connectivity index (χ1v) is 6.08. The first-order valence-electron chi connectivity index (χ1n) is 5.70. The van der Waals surface area contributed by atoms with Gasteiger partial charge in [0.2, 0.25) is 0 Å². The molecule has 90 valence electrons. The van der Waals surface area contributed by atoms with Crippen LogP contribution in [0.4, 0.5) is 0 Å².